The van der Waals surface area contributed by atoms with Crippen LogP contribution in [0.3, 0.4) is 0 Å². The third-order valence-corrected chi connectivity index (χ3v) is 7.31. The topological polar surface area (TPSA) is 333 Å². The first-order chi connectivity index (χ1) is 24.0. The molecule has 0 aromatic carbocycles. The summed E-state index contributed by atoms with van der Waals surface area (Å²) in [7, 11) is 0. The fourth-order valence-corrected chi connectivity index (χ4v) is 4.80. The van der Waals surface area contributed by atoms with Crippen molar-refractivity contribution in [1.82, 2.24) is 40.0 Å². The van der Waals surface area contributed by atoms with E-state index in [2.05, 4.69) is 15.3 Å². The van der Waals surface area contributed by atoms with Gasteiger partial charge in [-0.15, -0.1) is 0 Å². The first-order valence-electron chi connectivity index (χ1n) is 15.5. The highest BCUT2D eigenvalue weighted by Crippen LogP contribution is 2.12. The molecule has 3 atom stereocenters. The maximum atomic E-state index is 12.6. The van der Waals surface area contributed by atoms with Crippen LogP contribution in [0.2, 0.25) is 0 Å². The maximum absolute atomic E-state index is 12.6. The summed E-state index contributed by atoms with van der Waals surface area (Å²) in [6.07, 6.45) is 4.42. The molecule has 280 valence electrons. The Labute approximate surface area is 289 Å². The van der Waals surface area contributed by atoms with E-state index in [0.717, 1.165) is 0 Å². The second-order valence-corrected chi connectivity index (χ2v) is 11.3. The molecule has 0 aliphatic carbocycles. The monoisotopic (exact) mass is 724 g/mol. The zero-order valence-corrected chi connectivity index (χ0v) is 27.2. The van der Waals surface area contributed by atoms with Gasteiger partial charge in [0.1, 0.15) is 42.9 Å². The zero-order chi connectivity index (χ0) is 38.1. The molecule has 2 heterocycles. The lowest BCUT2D eigenvalue weighted by molar-refractivity contribution is -0.142. The molecule has 0 bridgehead atoms. The van der Waals surface area contributed by atoms with Crippen LogP contribution >= 0.6 is 0 Å². The number of unbranched alkanes of at least 4 members (excludes halogenated alkanes) is 1. The Morgan fingerprint density at radius 1 is 0.608 bits per heavy atom. The van der Waals surface area contributed by atoms with Crippen molar-refractivity contribution >= 4 is 47.8 Å². The first-order valence-corrected chi connectivity index (χ1v) is 15.5. The molecular formula is C29H40N8O14. The Balaban J connectivity index is 1.97. The van der Waals surface area contributed by atoms with Gasteiger partial charge in [-0.3, -0.25) is 24.1 Å². The first kappa shape index (κ1) is 41.1. The summed E-state index contributed by atoms with van der Waals surface area (Å²) in [5.74, 6) is -7.96. The molecule has 3 amide bonds. The van der Waals surface area contributed by atoms with Gasteiger partial charge in [-0.05, 0) is 38.6 Å². The molecule has 2 aromatic rings. The molecule has 2 rings (SSSR count). The summed E-state index contributed by atoms with van der Waals surface area (Å²) in [6, 6.07) is -5.88. The van der Waals surface area contributed by atoms with E-state index in [9.17, 15) is 58.8 Å². The molecule has 0 radical (unpaired) electrons. The summed E-state index contributed by atoms with van der Waals surface area (Å²) in [5, 5.41) is 61.7. The SMILES string of the molecule is O=C(O)CC[C@H](NC(=O)N[C@@H](CCC(=O)NC(CCCCN(Cc1nccn1CC(=O)O)Cc1nccn1CC(=O)O)C(=O)O)C(=O)O)C(=O)O. The number of amides is 3. The highest BCUT2D eigenvalue weighted by Gasteiger charge is 2.27. The molecule has 0 fully saturated rings. The molecule has 0 saturated carbocycles. The van der Waals surface area contributed by atoms with Gasteiger partial charge in [-0.1, -0.05) is 0 Å². The standard InChI is InChI=1S/C29H40N8O14/c38-22(6-4-18(27(47)48)33-29(51)34-19(28(49)50)5-7-23(39)40)32-17(26(45)46)3-1-2-10-35(13-20-30-8-11-36(20)15-24(41)42)14-21-31-9-12-37(21)16-25(43)44/h8-9,11-12,17-19H,1-7,10,13-16H2,(H,32,38)(H,39,40)(H,41,42)(H,43,44)(H,45,46)(H,47,48)(H,49,50)(H2,33,34,51)/t17?,18-,19-/m0/s1. The number of carboxylic acids is 6. The molecule has 0 spiro atoms. The van der Waals surface area contributed by atoms with Crippen molar-refractivity contribution in [3.63, 3.8) is 0 Å². The fourth-order valence-electron chi connectivity index (χ4n) is 4.80. The van der Waals surface area contributed by atoms with Gasteiger partial charge < -0.3 is 55.7 Å². The molecule has 1 unspecified atom stereocenters. The number of imidazole rings is 2. The number of hydrogen-bond acceptors (Lipinski definition) is 11. The van der Waals surface area contributed by atoms with E-state index < -0.39 is 91.6 Å². The summed E-state index contributed by atoms with van der Waals surface area (Å²) in [5.41, 5.74) is 0. The van der Waals surface area contributed by atoms with Crippen LogP contribution in [0.1, 0.15) is 56.6 Å². The van der Waals surface area contributed by atoms with E-state index in [0.29, 0.717) is 24.6 Å². The van der Waals surface area contributed by atoms with Gasteiger partial charge in [0.15, 0.2) is 0 Å². The van der Waals surface area contributed by atoms with Crippen molar-refractivity contribution in [2.45, 2.75) is 89.3 Å². The second-order valence-electron chi connectivity index (χ2n) is 11.3. The predicted octanol–water partition coefficient (Wildman–Crippen LogP) is -1.16. The molecule has 0 aliphatic rings. The van der Waals surface area contributed by atoms with Crippen LogP contribution in [-0.2, 0) is 59.7 Å². The van der Waals surface area contributed by atoms with Gasteiger partial charge in [-0.2, -0.15) is 0 Å². The van der Waals surface area contributed by atoms with Gasteiger partial charge in [0, 0.05) is 37.6 Å². The summed E-state index contributed by atoms with van der Waals surface area (Å²) < 4.78 is 2.86. The fraction of sp³-hybridized carbons (Fsp3) is 0.517. The number of rotatable bonds is 25. The lowest BCUT2D eigenvalue weighted by Gasteiger charge is -2.23. The third kappa shape index (κ3) is 15.4. The van der Waals surface area contributed by atoms with E-state index >= 15 is 0 Å². The van der Waals surface area contributed by atoms with Gasteiger partial charge in [0.05, 0.1) is 13.1 Å². The maximum Gasteiger partial charge on any atom is 0.326 e. The molecule has 51 heavy (non-hydrogen) atoms. The number of nitrogens with zero attached hydrogens (tertiary/aromatic N) is 5. The van der Waals surface area contributed by atoms with Crippen LogP contribution in [0, 0.1) is 0 Å². The number of carbonyl (C=O) groups excluding carboxylic acids is 2. The molecular weight excluding hydrogens is 684 g/mol. The second kappa shape index (κ2) is 20.5. The van der Waals surface area contributed by atoms with Crippen molar-refractivity contribution < 1.29 is 69.0 Å². The number of aromatic nitrogens is 4. The largest absolute Gasteiger partial charge is 0.481 e. The van der Waals surface area contributed by atoms with Crippen molar-refractivity contribution in [3.8, 4) is 0 Å². The number of hydrogen-bond donors (Lipinski definition) is 9. The Bertz CT molecular complexity index is 1500. The van der Waals surface area contributed by atoms with Gasteiger partial charge >= 0.3 is 41.8 Å². The summed E-state index contributed by atoms with van der Waals surface area (Å²) in [6.45, 7) is -0.0713. The van der Waals surface area contributed by atoms with Crippen molar-refractivity contribution in [3.05, 3.63) is 36.4 Å². The van der Waals surface area contributed by atoms with E-state index in [4.69, 9.17) is 10.2 Å². The summed E-state index contributed by atoms with van der Waals surface area (Å²) >= 11 is 0. The van der Waals surface area contributed by atoms with Gasteiger partial charge in [0.25, 0.3) is 0 Å². The van der Waals surface area contributed by atoms with Crippen molar-refractivity contribution in [1.29, 1.82) is 0 Å². The minimum atomic E-state index is -1.67. The smallest absolute Gasteiger partial charge is 0.326 e. The number of urea groups is 1. The van der Waals surface area contributed by atoms with Crippen molar-refractivity contribution in [2.75, 3.05) is 6.54 Å². The Morgan fingerprint density at radius 2 is 1.06 bits per heavy atom. The van der Waals surface area contributed by atoms with E-state index in [1.807, 2.05) is 15.5 Å². The van der Waals surface area contributed by atoms with Crippen LogP contribution in [0.25, 0.3) is 0 Å². The molecule has 2 aromatic heterocycles. The van der Waals surface area contributed by atoms with Crippen LogP contribution in [0.4, 0.5) is 4.79 Å². The van der Waals surface area contributed by atoms with Crippen LogP contribution < -0.4 is 16.0 Å². The lowest BCUT2D eigenvalue weighted by atomic mass is 10.1. The predicted molar refractivity (Wildman–Crippen MR) is 168 cm³/mol. The van der Waals surface area contributed by atoms with Crippen molar-refractivity contribution in [2.24, 2.45) is 0 Å². The van der Waals surface area contributed by atoms with Gasteiger partial charge in [0.2, 0.25) is 5.91 Å². The number of aliphatic carboxylic acids is 6. The Kier molecular flexibility index (Phi) is 16.5. The molecule has 9 N–H and O–H groups in total. The molecule has 22 heteroatoms. The highest BCUT2D eigenvalue weighted by molar-refractivity contribution is 5.87. The van der Waals surface area contributed by atoms with Crippen LogP contribution in [0.15, 0.2) is 24.8 Å². The average Bonchev–Trinajstić information content (AvgIpc) is 3.65. The van der Waals surface area contributed by atoms with Crippen LogP contribution in [0.5, 0.6) is 0 Å². The molecule has 0 saturated heterocycles. The van der Waals surface area contributed by atoms with Gasteiger partial charge in [-0.25, -0.2) is 29.1 Å². The number of nitrogens with one attached hydrogen (secondary N) is 3. The minimum Gasteiger partial charge on any atom is -0.481 e. The van der Waals surface area contributed by atoms with E-state index in [1.54, 1.807) is 0 Å². The molecule has 22 nitrogen and oxygen atoms in total. The Morgan fingerprint density at radius 3 is 1.49 bits per heavy atom. The van der Waals surface area contributed by atoms with Crippen LogP contribution in [-0.4, -0.2) is 127 Å². The quantitative estimate of drug-likeness (QED) is 0.0545. The zero-order valence-electron chi connectivity index (χ0n) is 27.2. The number of carboxylic acid groups (broad SMARTS) is 6. The highest BCUT2D eigenvalue weighted by atomic mass is 16.4. The Hall–Kier alpha value is -6.06. The minimum absolute atomic E-state index is 0.0356. The van der Waals surface area contributed by atoms with E-state index in [1.165, 1.54) is 33.9 Å². The van der Waals surface area contributed by atoms with E-state index in [-0.39, 0.29) is 39.0 Å². The normalized spacial score (nSPS) is 12.7. The molecule has 0 aliphatic heterocycles. The number of carbonyl (C=O) groups is 8. The third-order valence-electron chi connectivity index (χ3n) is 7.31. The lowest BCUT2D eigenvalue weighted by Crippen LogP contribution is -2.51. The average molecular weight is 725 g/mol. The summed E-state index contributed by atoms with van der Waals surface area (Å²) in [4.78, 5) is 103.